The highest BCUT2D eigenvalue weighted by Gasteiger charge is 2.20. The first kappa shape index (κ1) is 13.9. The lowest BCUT2D eigenvalue weighted by atomic mass is 10.1. The Bertz CT molecular complexity index is 426. The predicted molar refractivity (Wildman–Crippen MR) is 75.6 cm³/mol. The van der Waals surface area contributed by atoms with Gasteiger partial charge in [-0.1, -0.05) is 13.0 Å². The lowest BCUT2D eigenvalue weighted by molar-refractivity contribution is 0.0663. The summed E-state index contributed by atoms with van der Waals surface area (Å²) in [6.45, 7) is 6.24. The van der Waals surface area contributed by atoms with Crippen LogP contribution >= 0.6 is 0 Å². The minimum Gasteiger partial charge on any atom is -0.494 e. The van der Waals surface area contributed by atoms with Gasteiger partial charge in [0.1, 0.15) is 5.75 Å². The zero-order valence-electron chi connectivity index (χ0n) is 11.8. The van der Waals surface area contributed by atoms with Gasteiger partial charge < -0.3 is 14.5 Å². The van der Waals surface area contributed by atoms with Crippen LogP contribution in [0.15, 0.2) is 24.3 Å². The molecule has 0 saturated carbocycles. The zero-order chi connectivity index (χ0) is 13.7. The number of carbonyl (C=O) groups excluding carboxylic acids is 1. The van der Waals surface area contributed by atoms with E-state index in [1.165, 1.54) is 0 Å². The van der Waals surface area contributed by atoms with Crippen LogP contribution in [0.25, 0.3) is 0 Å². The Kier molecular flexibility index (Phi) is 4.80. The van der Waals surface area contributed by atoms with Crippen molar-refractivity contribution in [2.24, 2.45) is 0 Å². The molecular weight excluding hydrogens is 240 g/mol. The van der Waals surface area contributed by atoms with Crippen LogP contribution in [0.2, 0.25) is 0 Å². The van der Waals surface area contributed by atoms with Crippen LogP contribution in [0.1, 0.15) is 23.7 Å². The van der Waals surface area contributed by atoms with Gasteiger partial charge in [0, 0.05) is 31.7 Å². The van der Waals surface area contributed by atoms with E-state index in [0.29, 0.717) is 6.61 Å². The highest BCUT2D eigenvalue weighted by atomic mass is 16.5. The molecule has 1 aliphatic rings. The van der Waals surface area contributed by atoms with E-state index in [2.05, 4.69) is 18.9 Å². The summed E-state index contributed by atoms with van der Waals surface area (Å²) >= 11 is 0. The van der Waals surface area contributed by atoms with Crippen LogP contribution in [0.3, 0.4) is 0 Å². The molecular formula is C15H22N2O2. The highest BCUT2D eigenvalue weighted by molar-refractivity contribution is 5.94. The number of ether oxygens (including phenoxy) is 1. The second-order valence-electron chi connectivity index (χ2n) is 4.97. The molecule has 0 unspecified atom stereocenters. The van der Waals surface area contributed by atoms with Crippen LogP contribution in [0.5, 0.6) is 5.75 Å². The van der Waals surface area contributed by atoms with E-state index in [-0.39, 0.29) is 5.91 Å². The lowest BCUT2D eigenvalue weighted by Crippen LogP contribution is -2.47. The van der Waals surface area contributed by atoms with Gasteiger partial charge in [0.15, 0.2) is 0 Å². The van der Waals surface area contributed by atoms with Crippen molar-refractivity contribution < 1.29 is 9.53 Å². The molecule has 0 aromatic heterocycles. The fraction of sp³-hybridized carbons (Fsp3) is 0.533. The quantitative estimate of drug-likeness (QED) is 0.830. The Balaban J connectivity index is 2.02. The Morgan fingerprint density at radius 2 is 2.00 bits per heavy atom. The number of nitrogens with zero attached hydrogens (tertiary/aromatic N) is 2. The minimum atomic E-state index is 0.107. The molecule has 4 heteroatoms. The van der Waals surface area contributed by atoms with Crippen molar-refractivity contribution in [2.75, 3.05) is 39.8 Å². The number of amides is 1. The molecule has 0 N–H and O–H groups in total. The molecule has 0 bridgehead atoms. The van der Waals surface area contributed by atoms with Crippen molar-refractivity contribution in [1.29, 1.82) is 0 Å². The van der Waals surface area contributed by atoms with E-state index in [0.717, 1.165) is 43.9 Å². The third kappa shape index (κ3) is 3.70. The van der Waals surface area contributed by atoms with Crippen LogP contribution in [0.4, 0.5) is 0 Å². The number of likely N-dealkylation sites (N-methyl/N-ethyl adjacent to an activating group) is 1. The van der Waals surface area contributed by atoms with Gasteiger partial charge in [-0.15, -0.1) is 0 Å². The topological polar surface area (TPSA) is 32.8 Å². The third-order valence-corrected chi connectivity index (χ3v) is 3.34. The summed E-state index contributed by atoms with van der Waals surface area (Å²) < 4.78 is 5.57. The molecule has 0 spiro atoms. The molecule has 0 atom stereocenters. The molecule has 1 aliphatic heterocycles. The van der Waals surface area contributed by atoms with E-state index in [1.807, 2.05) is 29.2 Å². The van der Waals surface area contributed by atoms with Crippen LogP contribution in [-0.4, -0.2) is 55.5 Å². The zero-order valence-corrected chi connectivity index (χ0v) is 11.8. The Hall–Kier alpha value is -1.55. The van der Waals surface area contributed by atoms with E-state index in [4.69, 9.17) is 4.74 Å². The SMILES string of the molecule is CCCOc1cccc(C(=O)N2CCN(C)CC2)c1. The molecule has 0 aliphatic carbocycles. The maximum Gasteiger partial charge on any atom is 0.254 e. The predicted octanol–water partition coefficient (Wildman–Crippen LogP) is 1.86. The first-order valence-electron chi connectivity index (χ1n) is 6.91. The Morgan fingerprint density at radius 3 is 2.68 bits per heavy atom. The van der Waals surface area contributed by atoms with Crippen LogP contribution in [-0.2, 0) is 0 Å². The van der Waals surface area contributed by atoms with Gasteiger partial charge in [0.05, 0.1) is 6.61 Å². The van der Waals surface area contributed by atoms with Crippen molar-refractivity contribution in [3.8, 4) is 5.75 Å². The highest BCUT2D eigenvalue weighted by Crippen LogP contribution is 2.16. The molecule has 1 aromatic rings. The van der Waals surface area contributed by atoms with Gasteiger partial charge >= 0.3 is 0 Å². The Morgan fingerprint density at radius 1 is 1.26 bits per heavy atom. The molecule has 1 heterocycles. The number of hydrogen-bond acceptors (Lipinski definition) is 3. The van der Waals surface area contributed by atoms with E-state index in [1.54, 1.807) is 0 Å². The molecule has 1 amide bonds. The van der Waals surface area contributed by atoms with Gasteiger partial charge in [0.25, 0.3) is 5.91 Å². The fourth-order valence-electron chi connectivity index (χ4n) is 2.13. The number of hydrogen-bond donors (Lipinski definition) is 0. The summed E-state index contributed by atoms with van der Waals surface area (Å²) in [5.41, 5.74) is 0.721. The van der Waals surface area contributed by atoms with Crippen molar-refractivity contribution >= 4 is 5.91 Å². The maximum atomic E-state index is 12.4. The average molecular weight is 262 g/mol. The van der Waals surface area contributed by atoms with Gasteiger partial charge in [-0.3, -0.25) is 4.79 Å². The van der Waals surface area contributed by atoms with Gasteiger partial charge in [-0.05, 0) is 31.7 Å². The van der Waals surface area contributed by atoms with E-state index in [9.17, 15) is 4.79 Å². The van der Waals surface area contributed by atoms with Gasteiger partial charge in [0.2, 0.25) is 0 Å². The summed E-state index contributed by atoms with van der Waals surface area (Å²) in [6, 6.07) is 7.49. The molecule has 4 nitrogen and oxygen atoms in total. The number of piperazine rings is 1. The molecule has 104 valence electrons. The standard InChI is InChI=1S/C15H22N2O2/c1-3-11-19-14-6-4-5-13(12-14)15(18)17-9-7-16(2)8-10-17/h4-6,12H,3,7-11H2,1-2H3. The molecule has 19 heavy (non-hydrogen) atoms. The summed E-state index contributed by atoms with van der Waals surface area (Å²) in [5.74, 6) is 0.886. The second kappa shape index (κ2) is 6.57. The molecule has 2 rings (SSSR count). The molecule has 0 radical (unpaired) electrons. The van der Waals surface area contributed by atoms with Crippen molar-refractivity contribution in [1.82, 2.24) is 9.80 Å². The third-order valence-electron chi connectivity index (χ3n) is 3.34. The molecule has 1 fully saturated rings. The average Bonchev–Trinajstić information content (AvgIpc) is 2.45. The number of benzene rings is 1. The largest absolute Gasteiger partial charge is 0.494 e. The Labute approximate surface area is 115 Å². The maximum absolute atomic E-state index is 12.4. The van der Waals surface area contributed by atoms with Crippen LogP contribution < -0.4 is 4.74 Å². The number of rotatable bonds is 4. The summed E-state index contributed by atoms with van der Waals surface area (Å²) in [5, 5.41) is 0. The lowest BCUT2D eigenvalue weighted by Gasteiger charge is -2.32. The molecule has 1 saturated heterocycles. The van der Waals surface area contributed by atoms with E-state index < -0.39 is 0 Å². The van der Waals surface area contributed by atoms with Crippen molar-refractivity contribution in [3.05, 3.63) is 29.8 Å². The molecule has 1 aromatic carbocycles. The first-order valence-corrected chi connectivity index (χ1v) is 6.91. The monoisotopic (exact) mass is 262 g/mol. The fourth-order valence-corrected chi connectivity index (χ4v) is 2.13. The van der Waals surface area contributed by atoms with E-state index >= 15 is 0 Å². The second-order valence-corrected chi connectivity index (χ2v) is 4.97. The van der Waals surface area contributed by atoms with Gasteiger partial charge in [-0.25, -0.2) is 0 Å². The summed E-state index contributed by atoms with van der Waals surface area (Å²) in [4.78, 5) is 16.5. The van der Waals surface area contributed by atoms with Crippen molar-refractivity contribution in [2.45, 2.75) is 13.3 Å². The first-order chi connectivity index (χ1) is 9.20. The normalized spacial score (nSPS) is 16.4. The van der Waals surface area contributed by atoms with Gasteiger partial charge in [-0.2, -0.15) is 0 Å². The number of carbonyl (C=O) groups is 1. The summed E-state index contributed by atoms with van der Waals surface area (Å²) in [6.07, 6.45) is 0.969. The minimum absolute atomic E-state index is 0.107. The van der Waals surface area contributed by atoms with Crippen LogP contribution in [0, 0.1) is 0 Å². The van der Waals surface area contributed by atoms with Crippen molar-refractivity contribution in [3.63, 3.8) is 0 Å². The smallest absolute Gasteiger partial charge is 0.254 e. The summed E-state index contributed by atoms with van der Waals surface area (Å²) in [7, 11) is 2.08.